The topological polar surface area (TPSA) is 41.5 Å². The molecule has 0 aliphatic heterocycles. The molecule has 0 aromatic heterocycles. The first-order valence-corrected chi connectivity index (χ1v) is 6.17. The lowest BCUT2D eigenvalue weighted by atomic mass is 10.2. The molecule has 1 aromatic rings. The van der Waals surface area contributed by atoms with Crippen molar-refractivity contribution < 1.29 is 23.0 Å². The van der Waals surface area contributed by atoms with E-state index in [4.69, 9.17) is 5.11 Å². The predicted molar refractivity (Wildman–Crippen MR) is 65.8 cm³/mol. The molecular formula is C13H18F3NO2. The Bertz CT molecular complexity index is 369. The maximum Gasteiger partial charge on any atom is 0.573 e. The van der Waals surface area contributed by atoms with Gasteiger partial charge in [-0.1, -0.05) is 12.1 Å². The van der Waals surface area contributed by atoms with Crippen molar-refractivity contribution in [2.45, 2.75) is 32.2 Å². The number of aliphatic hydroxyl groups is 1. The number of alkyl halides is 3. The van der Waals surface area contributed by atoms with Crippen LogP contribution < -0.4 is 10.1 Å². The summed E-state index contributed by atoms with van der Waals surface area (Å²) in [5.74, 6) is -0.202. The number of aliphatic hydroxyl groups excluding tert-OH is 1. The number of benzene rings is 1. The maximum atomic E-state index is 12.0. The van der Waals surface area contributed by atoms with Crippen LogP contribution in [-0.2, 0) is 6.54 Å². The molecule has 0 saturated carbocycles. The Balaban J connectivity index is 2.32. The lowest BCUT2D eigenvalue weighted by molar-refractivity contribution is -0.274. The Hall–Kier alpha value is -1.27. The summed E-state index contributed by atoms with van der Waals surface area (Å²) < 4.78 is 40.0. The molecular weight excluding hydrogens is 259 g/mol. The van der Waals surface area contributed by atoms with Crippen molar-refractivity contribution in [3.05, 3.63) is 29.8 Å². The van der Waals surface area contributed by atoms with E-state index < -0.39 is 6.36 Å². The van der Waals surface area contributed by atoms with E-state index in [1.807, 2.05) is 0 Å². The molecule has 1 rings (SSSR count). The van der Waals surface area contributed by atoms with Crippen LogP contribution in [0.15, 0.2) is 24.3 Å². The van der Waals surface area contributed by atoms with Crippen LogP contribution in [0.4, 0.5) is 13.2 Å². The number of halogens is 3. The van der Waals surface area contributed by atoms with Crippen LogP contribution in [0.25, 0.3) is 0 Å². The molecule has 6 heteroatoms. The van der Waals surface area contributed by atoms with E-state index in [2.05, 4.69) is 10.1 Å². The number of nitrogens with one attached hydrogen (secondary N) is 1. The zero-order valence-electron chi connectivity index (χ0n) is 10.5. The van der Waals surface area contributed by atoms with Gasteiger partial charge in [0, 0.05) is 13.2 Å². The summed E-state index contributed by atoms with van der Waals surface area (Å²) in [6, 6.07) is 5.92. The lowest BCUT2D eigenvalue weighted by Gasteiger charge is -2.10. The highest BCUT2D eigenvalue weighted by Crippen LogP contribution is 2.23. The average Bonchev–Trinajstić information content (AvgIpc) is 2.32. The van der Waals surface area contributed by atoms with E-state index in [1.54, 1.807) is 6.07 Å². The van der Waals surface area contributed by atoms with E-state index in [0.717, 1.165) is 31.4 Å². The van der Waals surface area contributed by atoms with E-state index in [0.29, 0.717) is 6.54 Å². The van der Waals surface area contributed by atoms with E-state index in [9.17, 15) is 13.2 Å². The van der Waals surface area contributed by atoms with E-state index in [-0.39, 0.29) is 12.4 Å². The summed E-state index contributed by atoms with van der Waals surface area (Å²) in [6.07, 6.45) is -2.02. The molecule has 0 radical (unpaired) electrons. The normalized spacial score (nSPS) is 11.6. The summed E-state index contributed by atoms with van der Waals surface area (Å²) in [4.78, 5) is 0. The molecule has 0 atom stereocenters. The fraction of sp³-hybridized carbons (Fsp3) is 0.538. The molecule has 2 N–H and O–H groups in total. The van der Waals surface area contributed by atoms with Gasteiger partial charge in [0.05, 0.1) is 0 Å². The molecule has 0 amide bonds. The molecule has 0 heterocycles. The Kier molecular flexibility index (Phi) is 6.66. The highest BCUT2D eigenvalue weighted by molar-refractivity contribution is 5.28. The number of ether oxygens (including phenoxy) is 1. The van der Waals surface area contributed by atoms with Crippen molar-refractivity contribution >= 4 is 0 Å². The molecule has 3 nitrogen and oxygen atoms in total. The van der Waals surface area contributed by atoms with E-state index in [1.165, 1.54) is 18.2 Å². The second kappa shape index (κ2) is 8.01. The molecule has 1 aromatic carbocycles. The molecule has 0 saturated heterocycles. The zero-order chi connectivity index (χ0) is 14.1. The van der Waals surface area contributed by atoms with Gasteiger partial charge in [-0.2, -0.15) is 0 Å². The van der Waals surface area contributed by atoms with Crippen LogP contribution in [0.3, 0.4) is 0 Å². The van der Waals surface area contributed by atoms with Crippen molar-refractivity contribution in [3.63, 3.8) is 0 Å². The van der Waals surface area contributed by atoms with Gasteiger partial charge in [-0.15, -0.1) is 13.2 Å². The third-order valence-electron chi connectivity index (χ3n) is 2.47. The minimum atomic E-state index is -4.66. The highest BCUT2D eigenvalue weighted by atomic mass is 19.4. The van der Waals surface area contributed by atoms with Crippen molar-refractivity contribution in [1.82, 2.24) is 5.32 Å². The first kappa shape index (κ1) is 15.8. The van der Waals surface area contributed by atoms with Crippen molar-refractivity contribution in [3.8, 4) is 5.75 Å². The monoisotopic (exact) mass is 277 g/mol. The smallest absolute Gasteiger partial charge is 0.406 e. The highest BCUT2D eigenvalue weighted by Gasteiger charge is 2.31. The summed E-state index contributed by atoms with van der Waals surface area (Å²) in [6.45, 7) is 1.45. The number of unbranched alkanes of at least 4 members (excludes halogenated alkanes) is 2. The molecule has 0 aliphatic carbocycles. The molecule has 0 fully saturated rings. The van der Waals surface area contributed by atoms with Crippen molar-refractivity contribution in [1.29, 1.82) is 0 Å². The van der Waals surface area contributed by atoms with Gasteiger partial charge in [-0.05, 0) is 43.5 Å². The zero-order valence-corrected chi connectivity index (χ0v) is 10.5. The fourth-order valence-corrected chi connectivity index (χ4v) is 1.62. The molecule has 108 valence electrons. The van der Waals surface area contributed by atoms with Gasteiger partial charge in [0.1, 0.15) is 5.75 Å². The maximum absolute atomic E-state index is 12.0. The molecule has 0 unspecified atom stereocenters. The van der Waals surface area contributed by atoms with Gasteiger partial charge in [0.15, 0.2) is 0 Å². The van der Waals surface area contributed by atoms with Crippen LogP contribution in [0.2, 0.25) is 0 Å². The lowest BCUT2D eigenvalue weighted by Crippen LogP contribution is -2.18. The van der Waals surface area contributed by atoms with Crippen molar-refractivity contribution in [2.24, 2.45) is 0 Å². The summed E-state index contributed by atoms with van der Waals surface area (Å²) >= 11 is 0. The van der Waals surface area contributed by atoms with Gasteiger partial charge >= 0.3 is 6.36 Å². The standard InChI is InChI=1S/C13H18F3NO2/c14-13(15,16)19-12-6-4-5-11(9-12)10-17-7-2-1-3-8-18/h4-6,9,17-18H,1-3,7-8,10H2. The van der Waals surface area contributed by atoms with E-state index >= 15 is 0 Å². The first-order valence-electron chi connectivity index (χ1n) is 6.17. The van der Waals surface area contributed by atoms with Crippen LogP contribution in [0.1, 0.15) is 24.8 Å². The number of rotatable bonds is 8. The van der Waals surface area contributed by atoms with Gasteiger partial charge in [-0.3, -0.25) is 0 Å². The van der Waals surface area contributed by atoms with Gasteiger partial charge in [-0.25, -0.2) is 0 Å². The largest absolute Gasteiger partial charge is 0.573 e. The Morgan fingerprint density at radius 1 is 1.16 bits per heavy atom. The van der Waals surface area contributed by atoms with Crippen LogP contribution in [0, 0.1) is 0 Å². The Morgan fingerprint density at radius 2 is 1.95 bits per heavy atom. The first-order chi connectivity index (χ1) is 9.01. The van der Waals surface area contributed by atoms with Crippen molar-refractivity contribution in [2.75, 3.05) is 13.2 Å². The quantitative estimate of drug-likeness (QED) is 0.718. The minimum Gasteiger partial charge on any atom is -0.406 e. The SMILES string of the molecule is OCCCCCNCc1cccc(OC(F)(F)F)c1. The van der Waals surface area contributed by atoms with Gasteiger partial charge in [0.2, 0.25) is 0 Å². The minimum absolute atomic E-state index is 0.191. The Labute approximate surface area is 110 Å². The third kappa shape index (κ3) is 7.69. The van der Waals surface area contributed by atoms with Gasteiger partial charge in [0.25, 0.3) is 0 Å². The molecule has 0 aliphatic rings. The Morgan fingerprint density at radius 3 is 2.63 bits per heavy atom. The fourth-order valence-electron chi connectivity index (χ4n) is 1.62. The second-order valence-corrected chi connectivity index (χ2v) is 4.16. The number of hydrogen-bond donors (Lipinski definition) is 2. The summed E-state index contributed by atoms with van der Waals surface area (Å²) in [5, 5.41) is 11.7. The van der Waals surface area contributed by atoms with Crippen LogP contribution >= 0.6 is 0 Å². The summed E-state index contributed by atoms with van der Waals surface area (Å²) in [7, 11) is 0. The van der Waals surface area contributed by atoms with Crippen LogP contribution in [-0.4, -0.2) is 24.6 Å². The summed E-state index contributed by atoms with van der Waals surface area (Å²) in [5.41, 5.74) is 0.740. The molecule has 0 bridgehead atoms. The molecule has 0 spiro atoms. The van der Waals surface area contributed by atoms with Crippen LogP contribution in [0.5, 0.6) is 5.75 Å². The second-order valence-electron chi connectivity index (χ2n) is 4.16. The average molecular weight is 277 g/mol. The predicted octanol–water partition coefficient (Wildman–Crippen LogP) is 2.84. The van der Waals surface area contributed by atoms with Gasteiger partial charge < -0.3 is 15.2 Å². The third-order valence-corrected chi connectivity index (χ3v) is 2.47. The number of hydrogen-bond acceptors (Lipinski definition) is 3. The molecule has 19 heavy (non-hydrogen) atoms.